The maximum atomic E-state index is 12.7. The Bertz CT molecular complexity index is 699. The summed E-state index contributed by atoms with van der Waals surface area (Å²) in [5.74, 6) is 0.557. The van der Waals surface area contributed by atoms with Crippen LogP contribution in [0.25, 0.3) is 0 Å². The number of nitrogens with two attached hydrogens (primary N) is 1. The van der Waals surface area contributed by atoms with Gasteiger partial charge in [0, 0.05) is 31.9 Å². The van der Waals surface area contributed by atoms with Crippen molar-refractivity contribution >= 4 is 17.0 Å². The Morgan fingerprint density at radius 3 is 2.79 bits per heavy atom. The summed E-state index contributed by atoms with van der Waals surface area (Å²) in [6.45, 7) is 4.30. The lowest BCUT2D eigenvalue weighted by atomic mass is 9.89. The summed E-state index contributed by atoms with van der Waals surface area (Å²) in [5, 5.41) is 0.0493. The second-order valence-corrected chi connectivity index (χ2v) is 8.72. The minimum Gasteiger partial charge on any atom is -0.497 e. The number of hydrogen-bond acceptors (Lipinski definition) is 6. The van der Waals surface area contributed by atoms with Crippen LogP contribution in [0.4, 0.5) is 4.79 Å². The fourth-order valence-electron chi connectivity index (χ4n) is 4.23. The van der Waals surface area contributed by atoms with Gasteiger partial charge in [0.1, 0.15) is 5.75 Å². The van der Waals surface area contributed by atoms with Crippen molar-refractivity contribution in [3.05, 3.63) is 42.5 Å². The Balaban J connectivity index is 1.77. The van der Waals surface area contributed by atoms with Crippen molar-refractivity contribution in [3.8, 4) is 5.75 Å². The van der Waals surface area contributed by atoms with Crippen molar-refractivity contribution in [2.24, 2.45) is 5.73 Å². The van der Waals surface area contributed by atoms with Crippen molar-refractivity contribution in [2.45, 2.75) is 62.6 Å². The molecule has 4 atom stereocenters. The molecule has 2 heterocycles. The molecule has 7 heteroatoms. The molecule has 2 saturated heterocycles. The molecule has 1 amide bonds. The highest BCUT2D eigenvalue weighted by Crippen LogP contribution is 2.41. The molecule has 1 aromatic rings. The molecule has 1 unspecified atom stereocenters. The fraction of sp³-hybridized carbons (Fsp3) is 0.591. The number of allylic oxidation sites excluding steroid dienone is 1. The number of unbranched alkanes of at least 4 members (excludes halogenated alkanes) is 1. The lowest BCUT2D eigenvalue weighted by Crippen LogP contribution is -2.61. The van der Waals surface area contributed by atoms with Crippen molar-refractivity contribution in [2.75, 3.05) is 20.0 Å². The van der Waals surface area contributed by atoms with Crippen LogP contribution in [-0.2, 0) is 16.0 Å². The van der Waals surface area contributed by atoms with Crippen LogP contribution in [-0.4, -0.2) is 54.1 Å². The largest absolute Gasteiger partial charge is 0.497 e. The van der Waals surface area contributed by atoms with Crippen LogP contribution in [0.5, 0.6) is 5.75 Å². The van der Waals surface area contributed by atoms with E-state index in [2.05, 4.69) is 6.58 Å². The van der Waals surface area contributed by atoms with E-state index in [-0.39, 0.29) is 23.4 Å². The van der Waals surface area contributed by atoms with Gasteiger partial charge in [-0.3, -0.25) is 4.79 Å². The van der Waals surface area contributed by atoms with Gasteiger partial charge < -0.3 is 24.8 Å². The highest BCUT2D eigenvalue weighted by molar-refractivity contribution is 8.13. The van der Waals surface area contributed by atoms with Gasteiger partial charge >= 0.3 is 0 Å². The Morgan fingerprint density at radius 1 is 1.38 bits per heavy atom. The van der Waals surface area contributed by atoms with Crippen LogP contribution in [0.1, 0.15) is 37.7 Å². The first-order valence-electron chi connectivity index (χ1n) is 10.2. The summed E-state index contributed by atoms with van der Waals surface area (Å²) >= 11 is 1.32. The van der Waals surface area contributed by atoms with Crippen LogP contribution in [0, 0.1) is 0 Å². The number of carbonyl (C=O) groups is 1. The molecule has 0 spiro atoms. The molecule has 0 radical (unpaired) electrons. The van der Waals surface area contributed by atoms with E-state index in [1.54, 1.807) is 14.2 Å². The smallest absolute Gasteiger partial charge is 0.282 e. The Morgan fingerprint density at radius 2 is 2.14 bits per heavy atom. The number of methoxy groups -OCH3 is 2. The zero-order valence-corrected chi connectivity index (χ0v) is 18.2. The van der Waals surface area contributed by atoms with E-state index in [9.17, 15) is 4.79 Å². The van der Waals surface area contributed by atoms with E-state index in [1.165, 1.54) is 11.8 Å². The molecule has 6 nitrogen and oxygen atoms in total. The molecule has 2 aliphatic rings. The van der Waals surface area contributed by atoms with E-state index < -0.39 is 5.79 Å². The zero-order chi connectivity index (χ0) is 20.9. The molecule has 0 aliphatic carbocycles. The monoisotopic (exact) mass is 420 g/mol. The Hall–Kier alpha value is -1.54. The normalized spacial score (nSPS) is 29.8. The van der Waals surface area contributed by atoms with Gasteiger partial charge in [-0.15, -0.1) is 6.58 Å². The summed E-state index contributed by atoms with van der Waals surface area (Å²) in [7, 11) is 3.31. The summed E-state index contributed by atoms with van der Waals surface area (Å²) < 4.78 is 17.7. The number of hydrogen-bond donors (Lipinski definition) is 1. The lowest BCUT2D eigenvalue weighted by Gasteiger charge is -2.48. The molecule has 1 aromatic carbocycles. The lowest BCUT2D eigenvalue weighted by molar-refractivity contribution is -0.292. The molecule has 160 valence electrons. The van der Waals surface area contributed by atoms with E-state index in [0.29, 0.717) is 18.7 Å². The van der Waals surface area contributed by atoms with Gasteiger partial charge in [0.15, 0.2) is 5.79 Å². The number of thioether (sulfide) groups is 1. The fourth-order valence-corrected chi connectivity index (χ4v) is 5.32. The van der Waals surface area contributed by atoms with Gasteiger partial charge in [-0.25, -0.2) is 0 Å². The first-order valence-corrected chi connectivity index (χ1v) is 11.2. The maximum Gasteiger partial charge on any atom is 0.282 e. The van der Waals surface area contributed by atoms with Gasteiger partial charge in [-0.2, -0.15) is 0 Å². The van der Waals surface area contributed by atoms with E-state index in [0.717, 1.165) is 37.0 Å². The van der Waals surface area contributed by atoms with Crippen molar-refractivity contribution in [1.82, 2.24) is 4.90 Å². The summed E-state index contributed by atoms with van der Waals surface area (Å²) in [6.07, 6.45) is 6.23. The van der Waals surface area contributed by atoms with Crippen LogP contribution >= 0.6 is 11.8 Å². The van der Waals surface area contributed by atoms with Gasteiger partial charge in [0.2, 0.25) is 0 Å². The van der Waals surface area contributed by atoms with E-state index in [4.69, 9.17) is 19.9 Å². The molecular formula is C22H32N2O4S. The van der Waals surface area contributed by atoms with Gasteiger partial charge in [-0.05, 0) is 43.4 Å². The molecular weight excluding hydrogens is 388 g/mol. The van der Waals surface area contributed by atoms with Gasteiger partial charge in [-0.1, -0.05) is 30.0 Å². The quantitative estimate of drug-likeness (QED) is 0.482. The first-order chi connectivity index (χ1) is 14.0. The predicted octanol–water partition coefficient (Wildman–Crippen LogP) is 3.94. The SMILES string of the molecule is C=CCCCC1C[C@@H](N)C[C@](OC)([C@@H]2CSC(=O)N2Cc2ccc(OC)cc2)O1. The third-order valence-electron chi connectivity index (χ3n) is 5.75. The number of benzene rings is 1. The highest BCUT2D eigenvalue weighted by atomic mass is 32.2. The number of nitrogens with zero attached hydrogens (tertiary/aromatic N) is 1. The number of ether oxygens (including phenoxy) is 3. The second-order valence-electron chi connectivity index (χ2n) is 7.74. The van der Waals surface area contributed by atoms with Crippen LogP contribution in [0.2, 0.25) is 0 Å². The Kier molecular flexibility index (Phi) is 7.62. The number of carbonyl (C=O) groups excluding carboxylic acids is 1. The summed E-state index contributed by atoms with van der Waals surface area (Å²) in [4.78, 5) is 14.6. The van der Waals surface area contributed by atoms with E-state index in [1.807, 2.05) is 35.2 Å². The van der Waals surface area contributed by atoms with Crippen molar-refractivity contribution in [3.63, 3.8) is 0 Å². The maximum absolute atomic E-state index is 12.7. The zero-order valence-electron chi connectivity index (χ0n) is 17.3. The van der Waals surface area contributed by atoms with E-state index >= 15 is 0 Å². The topological polar surface area (TPSA) is 74.0 Å². The molecule has 3 rings (SSSR count). The molecule has 2 aliphatic heterocycles. The first kappa shape index (κ1) is 22.2. The molecule has 0 bridgehead atoms. The summed E-state index contributed by atoms with van der Waals surface area (Å²) in [6, 6.07) is 7.59. The van der Waals surface area contributed by atoms with Crippen molar-refractivity contribution < 1.29 is 19.0 Å². The summed E-state index contributed by atoms with van der Waals surface area (Å²) in [5.41, 5.74) is 7.45. The number of amides is 1. The molecule has 0 saturated carbocycles. The van der Waals surface area contributed by atoms with Crippen molar-refractivity contribution in [1.29, 1.82) is 0 Å². The molecule has 0 aromatic heterocycles. The molecule has 29 heavy (non-hydrogen) atoms. The molecule has 2 fully saturated rings. The minimum atomic E-state index is -0.873. The average Bonchev–Trinajstić information content (AvgIpc) is 3.09. The minimum absolute atomic E-state index is 0.0130. The second kappa shape index (κ2) is 9.98. The highest BCUT2D eigenvalue weighted by Gasteiger charge is 2.52. The Labute approximate surface area is 177 Å². The van der Waals surface area contributed by atoms with Crippen LogP contribution in [0.15, 0.2) is 36.9 Å². The average molecular weight is 421 g/mol. The predicted molar refractivity (Wildman–Crippen MR) is 116 cm³/mol. The van der Waals surface area contributed by atoms with Gasteiger partial charge in [0.05, 0.1) is 19.3 Å². The van der Waals surface area contributed by atoms with Gasteiger partial charge in [0.25, 0.3) is 5.24 Å². The van der Waals surface area contributed by atoms with Crippen LogP contribution < -0.4 is 10.5 Å². The third kappa shape index (κ3) is 5.15. The van der Waals surface area contributed by atoms with Crippen LogP contribution in [0.3, 0.4) is 0 Å². The standard InChI is InChI=1S/C22H32N2O4S/c1-4-5-6-7-19-12-17(23)13-22(27-3,28-19)20-15-29-21(25)24(20)14-16-8-10-18(26-2)11-9-16/h4,8-11,17,19-20H,1,5-7,12-15,23H2,2-3H3/t17-,19?,20+,22-/m1/s1. The third-order valence-corrected chi connectivity index (χ3v) is 6.72. The molecule has 2 N–H and O–H groups in total. The number of rotatable bonds is 9.